The largest absolute Gasteiger partial charge is 0.350 e. The van der Waals surface area contributed by atoms with Crippen molar-refractivity contribution < 1.29 is 9.59 Å². The maximum Gasteiger partial charge on any atom is 0.254 e. The summed E-state index contributed by atoms with van der Waals surface area (Å²) in [5, 5.41) is 6.08. The fraction of sp³-hybridized carbons (Fsp3) is 0.261. The van der Waals surface area contributed by atoms with Gasteiger partial charge in [-0.2, -0.15) is 0 Å². The zero-order valence-corrected chi connectivity index (χ0v) is 17.1. The van der Waals surface area contributed by atoms with Crippen LogP contribution < -0.4 is 5.32 Å². The van der Waals surface area contributed by atoms with Crippen molar-refractivity contribution >= 4 is 23.2 Å². The van der Waals surface area contributed by atoms with Crippen LogP contribution in [0.25, 0.3) is 11.3 Å². The summed E-state index contributed by atoms with van der Waals surface area (Å²) in [4.78, 5) is 31.7. The van der Waals surface area contributed by atoms with Crippen molar-refractivity contribution in [2.45, 2.75) is 32.4 Å². The standard InChI is InChI=1S/C23H23N3O2S/c1-16-25-20(15-29-16)18-11-9-17(10-12-18)14-24-22(27)21-8-5-13-26(21)23(28)19-6-3-2-4-7-19/h2-4,6-7,9-12,15,21H,5,8,13-14H2,1H3,(H,24,27)/t21-/m0/s1. The van der Waals surface area contributed by atoms with Gasteiger partial charge in [0.25, 0.3) is 5.91 Å². The Balaban J connectivity index is 1.37. The van der Waals surface area contributed by atoms with Crippen LogP contribution in [0.5, 0.6) is 0 Å². The van der Waals surface area contributed by atoms with Crippen molar-refractivity contribution in [2.24, 2.45) is 0 Å². The number of nitrogens with one attached hydrogen (secondary N) is 1. The Morgan fingerprint density at radius 3 is 2.59 bits per heavy atom. The van der Waals surface area contributed by atoms with Crippen molar-refractivity contribution in [1.82, 2.24) is 15.2 Å². The molecule has 0 radical (unpaired) electrons. The molecule has 1 atom stereocenters. The highest BCUT2D eigenvalue weighted by Crippen LogP contribution is 2.23. The van der Waals surface area contributed by atoms with Crippen molar-refractivity contribution in [2.75, 3.05) is 6.54 Å². The molecule has 0 saturated carbocycles. The number of carbonyl (C=O) groups is 2. The number of hydrogen-bond acceptors (Lipinski definition) is 4. The van der Waals surface area contributed by atoms with E-state index in [1.165, 1.54) is 0 Å². The van der Waals surface area contributed by atoms with Crippen LogP contribution >= 0.6 is 11.3 Å². The van der Waals surface area contributed by atoms with Gasteiger partial charge in [-0.25, -0.2) is 4.98 Å². The van der Waals surface area contributed by atoms with Crippen LogP contribution in [0, 0.1) is 6.92 Å². The predicted molar refractivity (Wildman–Crippen MR) is 115 cm³/mol. The minimum absolute atomic E-state index is 0.0776. The molecular formula is C23H23N3O2S. The Kier molecular flexibility index (Phi) is 5.71. The number of thiazole rings is 1. The van der Waals surface area contributed by atoms with Crippen molar-refractivity contribution in [3.8, 4) is 11.3 Å². The normalized spacial score (nSPS) is 16.0. The molecule has 0 spiro atoms. The van der Waals surface area contributed by atoms with Gasteiger partial charge in [0.2, 0.25) is 5.91 Å². The van der Waals surface area contributed by atoms with Crippen molar-refractivity contribution in [3.05, 3.63) is 76.1 Å². The van der Waals surface area contributed by atoms with Gasteiger partial charge >= 0.3 is 0 Å². The van der Waals surface area contributed by atoms with Gasteiger partial charge in [-0.3, -0.25) is 9.59 Å². The number of carbonyl (C=O) groups excluding carboxylic acids is 2. The minimum Gasteiger partial charge on any atom is -0.350 e. The lowest BCUT2D eigenvalue weighted by molar-refractivity contribution is -0.125. The van der Waals surface area contributed by atoms with Crippen LogP contribution in [0.4, 0.5) is 0 Å². The van der Waals surface area contributed by atoms with E-state index in [1.54, 1.807) is 28.4 Å². The van der Waals surface area contributed by atoms with Crippen LogP contribution in [-0.4, -0.2) is 34.3 Å². The fourth-order valence-electron chi connectivity index (χ4n) is 3.63. The molecule has 1 saturated heterocycles. The molecular weight excluding hydrogens is 382 g/mol. The molecule has 148 valence electrons. The molecule has 3 aromatic rings. The molecule has 1 aliphatic rings. The number of rotatable bonds is 5. The summed E-state index contributed by atoms with van der Waals surface area (Å²) < 4.78 is 0. The van der Waals surface area contributed by atoms with Gasteiger partial charge < -0.3 is 10.2 Å². The topological polar surface area (TPSA) is 62.3 Å². The van der Waals surface area contributed by atoms with E-state index in [0.29, 0.717) is 25.1 Å². The zero-order valence-electron chi connectivity index (χ0n) is 16.3. The molecule has 29 heavy (non-hydrogen) atoms. The number of amides is 2. The predicted octanol–water partition coefficient (Wildman–Crippen LogP) is 4.04. The first-order valence-electron chi connectivity index (χ1n) is 9.77. The van der Waals surface area contributed by atoms with Crippen molar-refractivity contribution in [3.63, 3.8) is 0 Å². The minimum atomic E-state index is -0.403. The van der Waals surface area contributed by atoms with Gasteiger partial charge in [0.1, 0.15) is 6.04 Å². The third kappa shape index (κ3) is 4.38. The molecule has 1 N–H and O–H groups in total. The van der Waals surface area contributed by atoms with Gasteiger partial charge in [-0.05, 0) is 37.5 Å². The Morgan fingerprint density at radius 2 is 1.90 bits per heavy atom. The number of aromatic nitrogens is 1. The lowest BCUT2D eigenvalue weighted by atomic mass is 10.1. The summed E-state index contributed by atoms with van der Waals surface area (Å²) in [6.45, 7) is 3.06. The average molecular weight is 406 g/mol. The van der Waals surface area contributed by atoms with Gasteiger partial charge in [0, 0.05) is 29.6 Å². The number of aryl methyl sites for hydroxylation is 1. The highest BCUT2D eigenvalue weighted by atomic mass is 32.1. The second-order valence-corrected chi connectivity index (χ2v) is 8.25. The highest BCUT2D eigenvalue weighted by Gasteiger charge is 2.34. The second kappa shape index (κ2) is 8.57. The van der Waals surface area contributed by atoms with Crippen molar-refractivity contribution in [1.29, 1.82) is 0 Å². The van der Waals surface area contributed by atoms with E-state index in [9.17, 15) is 9.59 Å². The summed E-state index contributed by atoms with van der Waals surface area (Å²) in [7, 11) is 0. The molecule has 6 heteroatoms. The molecule has 0 bridgehead atoms. The second-order valence-electron chi connectivity index (χ2n) is 7.19. The van der Waals surface area contributed by atoms with Crippen LogP contribution in [0.15, 0.2) is 60.0 Å². The van der Waals surface area contributed by atoms with E-state index in [1.807, 2.05) is 54.8 Å². The quantitative estimate of drug-likeness (QED) is 0.697. The average Bonchev–Trinajstić information content (AvgIpc) is 3.42. The third-order valence-corrected chi connectivity index (χ3v) is 5.95. The number of benzene rings is 2. The Hall–Kier alpha value is -2.99. The van der Waals surface area contributed by atoms with E-state index in [4.69, 9.17) is 0 Å². The van der Waals surface area contributed by atoms with Gasteiger partial charge in [0.05, 0.1) is 10.7 Å². The molecule has 5 nitrogen and oxygen atoms in total. The first-order valence-corrected chi connectivity index (χ1v) is 10.6. The maximum atomic E-state index is 12.8. The number of nitrogens with zero attached hydrogens (tertiary/aromatic N) is 2. The van der Waals surface area contributed by atoms with E-state index in [-0.39, 0.29) is 11.8 Å². The Morgan fingerprint density at radius 1 is 1.14 bits per heavy atom. The molecule has 1 aliphatic heterocycles. The lowest BCUT2D eigenvalue weighted by Gasteiger charge is -2.24. The first kappa shape index (κ1) is 19.3. The van der Waals surface area contributed by atoms with E-state index in [0.717, 1.165) is 28.2 Å². The summed E-state index contributed by atoms with van der Waals surface area (Å²) in [5.41, 5.74) is 3.69. The molecule has 1 aromatic heterocycles. The van der Waals surface area contributed by atoms with Gasteiger partial charge in [0.15, 0.2) is 0 Å². The molecule has 0 unspecified atom stereocenters. The summed E-state index contributed by atoms with van der Waals surface area (Å²) in [6.07, 6.45) is 1.55. The molecule has 2 amide bonds. The molecule has 4 rings (SSSR count). The molecule has 0 aliphatic carbocycles. The van der Waals surface area contributed by atoms with E-state index >= 15 is 0 Å². The van der Waals surface area contributed by atoms with Crippen LogP contribution in [0.1, 0.15) is 33.8 Å². The van der Waals surface area contributed by atoms with Crippen LogP contribution in [-0.2, 0) is 11.3 Å². The SMILES string of the molecule is Cc1nc(-c2ccc(CNC(=O)[C@@H]3CCCN3C(=O)c3ccccc3)cc2)cs1. The summed E-state index contributed by atoms with van der Waals surface area (Å²) in [6, 6.07) is 16.8. The van der Waals surface area contributed by atoms with Gasteiger partial charge in [-0.15, -0.1) is 11.3 Å². The molecule has 2 aromatic carbocycles. The Labute approximate surface area is 174 Å². The third-order valence-electron chi connectivity index (χ3n) is 5.17. The maximum absolute atomic E-state index is 12.8. The Bertz CT molecular complexity index is 998. The first-order chi connectivity index (χ1) is 14.1. The van der Waals surface area contributed by atoms with Crippen LogP contribution in [0.2, 0.25) is 0 Å². The van der Waals surface area contributed by atoms with E-state index in [2.05, 4.69) is 10.3 Å². The zero-order chi connectivity index (χ0) is 20.2. The molecule has 1 fully saturated rings. The fourth-order valence-corrected chi connectivity index (χ4v) is 4.25. The number of hydrogen-bond donors (Lipinski definition) is 1. The molecule has 2 heterocycles. The smallest absolute Gasteiger partial charge is 0.254 e. The number of likely N-dealkylation sites (tertiary alicyclic amines) is 1. The van der Waals surface area contributed by atoms with E-state index < -0.39 is 6.04 Å². The highest BCUT2D eigenvalue weighted by molar-refractivity contribution is 7.09. The summed E-state index contributed by atoms with van der Waals surface area (Å²) >= 11 is 1.63. The summed E-state index contributed by atoms with van der Waals surface area (Å²) in [5.74, 6) is -0.169. The van der Waals surface area contributed by atoms with Gasteiger partial charge in [-0.1, -0.05) is 42.5 Å². The monoisotopic (exact) mass is 405 g/mol. The van der Waals surface area contributed by atoms with Crippen LogP contribution in [0.3, 0.4) is 0 Å². The lowest BCUT2D eigenvalue weighted by Crippen LogP contribution is -2.45.